The second-order valence-corrected chi connectivity index (χ2v) is 7.66. The molecular weight excluding hydrogens is 318 g/mol. The number of carbonyl (C=O) groups excluding carboxylic acids is 1. The van der Waals surface area contributed by atoms with Crippen LogP contribution in [0.15, 0.2) is 34.1 Å². The Labute approximate surface area is 137 Å². The first kappa shape index (κ1) is 16.8. The average Bonchev–Trinajstić information content (AvgIpc) is 2.86. The van der Waals surface area contributed by atoms with Crippen LogP contribution >= 0.6 is 23.1 Å². The van der Waals surface area contributed by atoms with Gasteiger partial charge in [0.25, 0.3) is 5.56 Å². The summed E-state index contributed by atoms with van der Waals surface area (Å²) in [5.41, 5.74) is -0.367. The quantitative estimate of drug-likeness (QED) is 0.517. The molecule has 0 spiro atoms. The van der Waals surface area contributed by atoms with Crippen LogP contribution in [0, 0.1) is 0 Å². The van der Waals surface area contributed by atoms with Gasteiger partial charge in [-0.2, -0.15) is 0 Å². The maximum absolute atomic E-state index is 12.4. The Morgan fingerprint density at radius 3 is 2.91 bits per heavy atom. The second-order valence-electron chi connectivity index (χ2n) is 5.83. The van der Waals surface area contributed by atoms with Crippen molar-refractivity contribution in [3.8, 4) is 0 Å². The van der Waals surface area contributed by atoms with Crippen molar-refractivity contribution < 1.29 is 4.79 Å². The minimum atomic E-state index is -0.274. The van der Waals surface area contributed by atoms with Crippen LogP contribution in [0.3, 0.4) is 0 Å². The van der Waals surface area contributed by atoms with Crippen molar-refractivity contribution >= 4 is 39.2 Å². The van der Waals surface area contributed by atoms with Gasteiger partial charge >= 0.3 is 0 Å². The van der Waals surface area contributed by atoms with Crippen LogP contribution in [-0.2, 0) is 11.3 Å². The summed E-state index contributed by atoms with van der Waals surface area (Å²) >= 11 is 2.69. The van der Waals surface area contributed by atoms with E-state index in [1.807, 2.05) is 26.2 Å². The average molecular weight is 337 g/mol. The first-order valence-electron chi connectivity index (χ1n) is 6.84. The molecule has 118 valence electrons. The third-order valence-electron chi connectivity index (χ3n) is 2.71. The van der Waals surface area contributed by atoms with E-state index in [1.165, 1.54) is 23.1 Å². The summed E-state index contributed by atoms with van der Waals surface area (Å²) in [5, 5.41) is 5.89. The largest absolute Gasteiger partial charge is 0.351 e. The highest BCUT2D eigenvalue weighted by Gasteiger charge is 2.16. The summed E-state index contributed by atoms with van der Waals surface area (Å²) in [7, 11) is 0. The van der Waals surface area contributed by atoms with Crippen molar-refractivity contribution in [2.75, 3.05) is 5.75 Å². The molecule has 0 aliphatic carbocycles. The zero-order valence-electron chi connectivity index (χ0n) is 12.9. The van der Waals surface area contributed by atoms with Gasteiger partial charge in [0.1, 0.15) is 4.83 Å². The Morgan fingerprint density at radius 2 is 2.27 bits per heavy atom. The Kier molecular flexibility index (Phi) is 5.08. The number of carbonyl (C=O) groups is 1. The molecule has 7 heteroatoms. The number of amides is 1. The molecule has 0 aliphatic heterocycles. The van der Waals surface area contributed by atoms with Crippen molar-refractivity contribution in [2.24, 2.45) is 0 Å². The van der Waals surface area contributed by atoms with E-state index in [1.54, 1.807) is 16.7 Å². The van der Waals surface area contributed by atoms with Crippen molar-refractivity contribution in [1.29, 1.82) is 0 Å². The van der Waals surface area contributed by atoms with Gasteiger partial charge < -0.3 is 5.32 Å². The van der Waals surface area contributed by atoms with Crippen LogP contribution < -0.4 is 10.9 Å². The van der Waals surface area contributed by atoms with Crippen molar-refractivity contribution in [2.45, 2.75) is 38.0 Å². The topological polar surface area (TPSA) is 64.0 Å². The molecule has 0 atom stereocenters. The number of fused-ring (bicyclic) bond motifs is 1. The van der Waals surface area contributed by atoms with Gasteiger partial charge in [-0.25, -0.2) is 4.98 Å². The number of rotatable bonds is 5. The monoisotopic (exact) mass is 337 g/mol. The first-order chi connectivity index (χ1) is 10.3. The fraction of sp³-hybridized carbons (Fsp3) is 0.400. The lowest BCUT2D eigenvalue weighted by Crippen LogP contribution is -2.41. The van der Waals surface area contributed by atoms with E-state index in [0.717, 1.165) is 0 Å². The summed E-state index contributed by atoms with van der Waals surface area (Å²) in [6, 6.07) is 1.77. The van der Waals surface area contributed by atoms with Crippen LogP contribution in [0.5, 0.6) is 0 Å². The molecule has 0 radical (unpaired) electrons. The number of hydrogen-bond donors (Lipinski definition) is 1. The molecule has 0 aromatic carbocycles. The molecule has 1 N–H and O–H groups in total. The molecule has 1 amide bonds. The van der Waals surface area contributed by atoms with Gasteiger partial charge in [-0.05, 0) is 32.2 Å². The molecule has 0 bridgehead atoms. The summed E-state index contributed by atoms with van der Waals surface area (Å²) in [6.45, 7) is 9.84. The van der Waals surface area contributed by atoms with Gasteiger partial charge in [0.15, 0.2) is 5.16 Å². The van der Waals surface area contributed by atoms with Crippen LogP contribution in [0.25, 0.3) is 10.2 Å². The molecule has 22 heavy (non-hydrogen) atoms. The molecule has 2 aromatic rings. The highest BCUT2D eigenvalue weighted by molar-refractivity contribution is 7.99. The highest BCUT2D eigenvalue weighted by Crippen LogP contribution is 2.21. The molecule has 0 fully saturated rings. The number of allylic oxidation sites excluding steroid dienone is 1. The van der Waals surface area contributed by atoms with E-state index >= 15 is 0 Å². The highest BCUT2D eigenvalue weighted by atomic mass is 32.2. The molecule has 0 unspecified atom stereocenters. The normalized spacial score (nSPS) is 11.6. The van der Waals surface area contributed by atoms with Gasteiger partial charge in [0, 0.05) is 12.1 Å². The maximum atomic E-state index is 12.4. The first-order valence-corrected chi connectivity index (χ1v) is 8.71. The number of nitrogens with one attached hydrogen (secondary N) is 1. The summed E-state index contributed by atoms with van der Waals surface area (Å²) in [5.74, 6) is 0.140. The number of hydrogen-bond acceptors (Lipinski definition) is 5. The van der Waals surface area contributed by atoms with Crippen molar-refractivity contribution in [3.63, 3.8) is 0 Å². The van der Waals surface area contributed by atoms with E-state index in [-0.39, 0.29) is 22.8 Å². The van der Waals surface area contributed by atoms with Crippen LogP contribution in [0.2, 0.25) is 0 Å². The molecule has 5 nitrogen and oxygen atoms in total. The van der Waals surface area contributed by atoms with Gasteiger partial charge in [-0.1, -0.05) is 17.8 Å². The predicted octanol–water partition coefficient (Wildman–Crippen LogP) is 2.65. The van der Waals surface area contributed by atoms with Crippen LogP contribution in [0.4, 0.5) is 0 Å². The van der Waals surface area contributed by atoms with Gasteiger partial charge in [0.2, 0.25) is 5.91 Å². The smallest absolute Gasteiger partial charge is 0.263 e. The molecule has 0 aliphatic rings. The number of aromatic nitrogens is 2. The maximum Gasteiger partial charge on any atom is 0.263 e. The SMILES string of the molecule is C=CCn1c(SCC(=O)NC(C)(C)C)nc2sccc2c1=O. The van der Waals surface area contributed by atoms with Crippen molar-refractivity contribution in [3.05, 3.63) is 34.5 Å². The Balaban J connectivity index is 2.26. The lowest BCUT2D eigenvalue weighted by atomic mass is 10.1. The Bertz CT molecular complexity index is 756. The van der Waals surface area contributed by atoms with E-state index in [0.29, 0.717) is 21.9 Å². The number of nitrogens with zero attached hydrogens (tertiary/aromatic N) is 2. The Morgan fingerprint density at radius 1 is 1.55 bits per heavy atom. The third kappa shape index (κ3) is 3.98. The zero-order valence-corrected chi connectivity index (χ0v) is 14.5. The van der Waals surface area contributed by atoms with Crippen LogP contribution in [-0.4, -0.2) is 26.8 Å². The number of thiophene rings is 1. The van der Waals surface area contributed by atoms with E-state index in [2.05, 4.69) is 16.9 Å². The zero-order chi connectivity index (χ0) is 16.3. The van der Waals surface area contributed by atoms with E-state index in [4.69, 9.17) is 0 Å². The standard InChI is InChI=1S/C15H19N3O2S2/c1-5-7-18-13(20)10-6-8-21-12(10)16-14(18)22-9-11(19)17-15(2,3)4/h5-6,8H,1,7,9H2,2-4H3,(H,17,19). The lowest BCUT2D eigenvalue weighted by molar-refractivity contribution is -0.119. The molecule has 2 heterocycles. The fourth-order valence-corrected chi connectivity index (χ4v) is 3.53. The summed E-state index contributed by atoms with van der Waals surface area (Å²) < 4.78 is 1.55. The minimum absolute atomic E-state index is 0.0804. The van der Waals surface area contributed by atoms with Crippen LogP contribution in [0.1, 0.15) is 20.8 Å². The summed E-state index contributed by atoms with van der Waals surface area (Å²) in [6.07, 6.45) is 1.65. The summed E-state index contributed by atoms with van der Waals surface area (Å²) in [4.78, 5) is 29.6. The second kappa shape index (κ2) is 6.66. The van der Waals surface area contributed by atoms with Gasteiger partial charge in [0.05, 0.1) is 11.1 Å². The Hall–Kier alpha value is -1.60. The molecule has 0 saturated heterocycles. The van der Waals surface area contributed by atoms with Gasteiger partial charge in [-0.15, -0.1) is 17.9 Å². The predicted molar refractivity (Wildman–Crippen MR) is 92.7 cm³/mol. The molecule has 2 rings (SSSR count). The number of thioether (sulfide) groups is 1. The van der Waals surface area contributed by atoms with E-state index in [9.17, 15) is 9.59 Å². The third-order valence-corrected chi connectivity index (χ3v) is 4.49. The molecule has 0 saturated carbocycles. The molecule has 2 aromatic heterocycles. The molecular formula is C15H19N3O2S2. The van der Waals surface area contributed by atoms with Gasteiger partial charge in [-0.3, -0.25) is 14.2 Å². The lowest BCUT2D eigenvalue weighted by Gasteiger charge is -2.20. The minimum Gasteiger partial charge on any atom is -0.351 e. The van der Waals surface area contributed by atoms with E-state index < -0.39 is 0 Å². The van der Waals surface area contributed by atoms with Crippen molar-refractivity contribution in [1.82, 2.24) is 14.9 Å². The fourth-order valence-electron chi connectivity index (χ4n) is 1.91.